The molecule has 0 unspecified atom stereocenters. The second kappa shape index (κ2) is 2.64. The lowest BCUT2D eigenvalue weighted by Crippen LogP contribution is -1.81. The van der Waals surface area contributed by atoms with Gasteiger partial charge in [0.15, 0.2) is 0 Å². The number of rotatable bonds is 1. The molecular weight excluding hydrogens is 170 g/mol. The third-order valence-electron chi connectivity index (χ3n) is 1.70. The highest BCUT2D eigenvalue weighted by molar-refractivity contribution is 7.13. The van der Waals surface area contributed by atoms with Crippen molar-refractivity contribution in [1.82, 2.24) is 10.2 Å². The Balaban J connectivity index is 2.50. The van der Waals surface area contributed by atoms with E-state index >= 15 is 0 Å². The molecule has 0 aliphatic carbocycles. The number of nitrogens with two attached hydrogens (primary N) is 1. The molecule has 2 aromatic rings. The SMILES string of the molecule is Cc1ccsc1-c1cc(N)n[nH]1. The third-order valence-corrected chi connectivity index (χ3v) is 2.75. The Bertz CT molecular complexity index is 388. The van der Waals surface area contributed by atoms with Gasteiger partial charge >= 0.3 is 0 Å². The predicted molar refractivity (Wildman–Crippen MR) is 51.1 cm³/mol. The van der Waals surface area contributed by atoms with E-state index in [0.29, 0.717) is 5.82 Å². The van der Waals surface area contributed by atoms with Crippen LogP contribution in [0.2, 0.25) is 0 Å². The Morgan fingerprint density at radius 2 is 2.42 bits per heavy atom. The van der Waals surface area contributed by atoms with Crippen LogP contribution in [0.1, 0.15) is 5.56 Å². The third kappa shape index (κ3) is 1.10. The van der Waals surface area contributed by atoms with Gasteiger partial charge in [0.25, 0.3) is 0 Å². The molecule has 62 valence electrons. The van der Waals surface area contributed by atoms with Crippen LogP contribution in [-0.4, -0.2) is 10.2 Å². The van der Waals surface area contributed by atoms with Gasteiger partial charge in [0.2, 0.25) is 0 Å². The lowest BCUT2D eigenvalue weighted by Gasteiger charge is -1.91. The van der Waals surface area contributed by atoms with Gasteiger partial charge in [-0.2, -0.15) is 5.10 Å². The lowest BCUT2D eigenvalue weighted by atomic mass is 10.2. The summed E-state index contributed by atoms with van der Waals surface area (Å²) in [5.74, 6) is 0.540. The van der Waals surface area contributed by atoms with Gasteiger partial charge in [-0.25, -0.2) is 0 Å². The maximum absolute atomic E-state index is 5.50. The van der Waals surface area contributed by atoms with E-state index in [4.69, 9.17) is 5.73 Å². The molecule has 0 spiro atoms. The van der Waals surface area contributed by atoms with E-state index in [2.05, 4.69) is 28.6 Å². The highest BCUT2D eigenvalue weighted by Crippen LogP contribution is 2.27. The van der Waals surface area contributed by atoms with Crippen molar-refractivity contribution < 1.29 is 0 Å². The van der Waals surface area contributed by atoms with Gasteiger partial charge in [-0.3, -0.25) is 5.10 Å². The summed E-state index contributed by atoms with van der Waals surface area (Å²) in [5, 5.41) is 8.81. The maximum Gasteiger partial charge on any atom is 0.145 e. The second-order valence-electron chi connectivity index (χ2n) is 2.64. The van der Waals surface area contributed by atoms with E-state index in [1.807, 2.05) is 6.07 Å². The second-order valence-corrected chi connectivity index (χ2v) is 3.56. The van der Waals surface area contributed by atoms with Crippen molar-refractivity contribution in [3.8, 4) is 10.6 Å². The van der Waals surface area contributed by atoms with Gasteiger partial charge < -0.3 is 5.73 Å². The average Bonchev–Trinajstić information content (AvgIpc) is 2.58. The van der Waals surface area contributed by atoms with Crippen molar-refractivity contribution in [1.29, 1.82) is 0 Å². The minimum absolute atomic E-state index is 0.540. The number of nitrogens with one attached hydrogen (secondary N) is 1. The molecule has 3 nitrogen and oxygen atoms in total. The number of hydrogen-bond acceptors (Lipinski definition) is 3. The molecule has 0 radical (unpaired) electrons. The summed E-state index contributed by atoms with van der Waals surface area (Å²) in [5.41, 5.74) is 7.75. The molecule has 0 fully saturated rings. The molecule has 2 aromatic heterocycles. The van der Waals surface area contributed by atoms with Crippen molar-refractivity contribution in [3.05, 3.63) is 23.1 Å². The van der Waals surface area contributed by atoms with E-state index in [0.717, 1.165) is 5.69 Å². The summed E-state index contributed by atoms with van der Waals surface area (Å²) >= 11 is 1.69. The molecule has 0 aliphatic heterocycles. The molecule has 0 aliphatic rings. The number of anilines is 1. The van der Waals surface area contributed by atoms with Crippen molar-refractivity contribution in [2.75, 3.05) is 5.73 Å². The van der Waals surface area contributed by atoms with E-state index in [9.17, 15) is 0 Å². The predicted octanol–water partition coefficient (Wildman–Crippen LogP) is 2.03. The summed E-state index contributed by atoms with van der Waals surface area (Å²) in [4.78, 5) is 1.21. The Morgan fingerprint density at radius 3 is 2.92 bits per heavy atom. The maximum atomic E-state index is 5.50. The largest absolute Gasteiger partial charge is 0.382 e. The van der Waals surface area contributed by atoms with Crippen molar-refractivity contribution >= 4 is 17.2 Å². The van der Waals surface area contributed by atoms with Crippen LogP contribution < -0.4 is 5.73 Å². The number of thiophene rings is 1. The summed E-state index contributed by atoms with van der Waals surface area (Å²) in [6.07, 6.45) is 0. The number of nitrogen functional groups attached to an aromatic ring is 1. The quantitative estimate of drug-likeness (QED) is 0.703. The van der Waals surface area contributed by atoms with Gasteiger partial charge in [0.1, 0.15) is 5.82 Å². The topological polar surface area (TPSA) is 54.7 Å². The standard InChI is InChI=1S/C8H9N3S/c1-5-2-3-12-8(5)6-4-7(9)11-10-6/h2-4H,1H3,(H3,9,10,11). The highest BCUT2D eigenvalue weighted by atomic mass is 32.1. The highest BCUT2D eigenvalue weighted by Gasteiger charge is 2.05. The van der Waals surface area contributed by atoms with E-state index < -0.39 is 0 Å². The molecule has 3 N–H and O–H groups in total. The summed E-state index contributed by atoms with van der Waals surface area (Å²) in [6.45, 7) is 2.07. The fourth-order valence-electron chi connectivity index (χ4n) is 1.10. The van der Waals surface area contributed by atoms with Crippen molar-refractivity contribution in [2.24, 2.45) is 0 Å². The van der Waals surface area contributed by atoms with Gasteiger partial charge in [-0.15, -0.1) is 11.3 Å². The fourth-order valence-corrected chi connectivity index (χ4v) is 2.00. The van der Waals surface area contributed by atoms with Crippen molar-refractivity contribution in [3.63, 3.8) is 0 Å². The van der Waals surface area contributed by atoms with Crippen LogP contribution in [-0.2, 0) is 0 Å². The monoisotopic (exact) mass is 179 g/mol. The van der Waals surface area contributed by atoms with Crippen LogP contribution in [0.15, 0.2) is 17.5 Å². The molecule has 4 heteroatoms. The van der Waals surface area contributed by atoms with Crippen LogP contribution in [0.5, 0.6) is 0 Å². The number of aryl methyl sites for hydroxylation is 1. The molecule has 0 saturated carbocycles. The first-order chi connectivity index (χ1) is 5.77. The average molecular weight is 179 g/mol. The Kier molecular flexibility index (Phi) is 1.62. The van der Waals surface area contributed by atoms with Crippen LogP contribution in [0.25, 0.3) is 10.6 Å². The lowest BCUT2D eigenvalue weighted by molar-refractivity contribution is 1.10. The van der Waals surface area contributed by atoms with Gasteiger partial charge in [0.05, 0.1) is 10.6 Å². The van der Waals surface area contributed by atoms with Gasteiger partial charge in [-0.1, -0.05) is 0 Å². The molecular formula is C8H9N3S. The Labute approximate surface area is 74.2 Å². The molecule has 12 heavy (non-hydrogen) atoms. The van der Waals surface area contributed by atoms with Crippen LogP contribution >= 0.6 is 11.3 Å². The molecule has 0 bridgehead atoms. The summed E-state index contributed by atoms with van der Waals surface area (Å²) in [6, 6.07) is 3.93. The normalized spacial score (nSPS) is 10.4. The zero-order chi connectivity index (χ0) is 8.55. The van der Waals surface area contributed by atoms with Crippen LogP contribution in [0.3, 0.4) is 0 Å². The van der Waals surface area contributed by atoms with Crippen LogP contribution in [0.4, 0.5) is 5.82 Å². The first-order valence-corrected chi connectivity index (χ1v) is 4.50. The molecule has 0 saturated heterocycles. The van der Waals surface area contributed by atoms with Crippen LogP contribution in [0, 0.1) is 6.92 Å². The smallest absolute Gasteiger partial charge is 0.145 e. The molecule has 0 amide bonds. The minimum atomic E-state index is 0.540. The Morgan fingerprint density at radius 1 is 1.58 bits per heavy atom. The minimum Gasteiger partial charge on any atom is -0.382 e. The summed E-state index contributed by atoms with van der Waals surface area (Å²) < 4.78 is 0. The van der Waals surface area contributed by atoms with Crippen molar-refractivity contribution in [2.45, 2.75) is 6.92 Å². The molecule has 0 aromatic carbocycles. The first kappa shape index (κ1) is 7.36. The number of hydrogen-bond donors (Lipinski definition) is 2. The molecule has 0 atom stereocenters. The van der Waals surface area contributed by atoms with E-state index in [1.165, 1.54) is 10.4 Å². The first-order valence-electron chi connectivity index (χ1n) is 3.63. The van der Waals surface area contributed by atoms with E-state index in [-0.39, 0.29) is 0 Å². The Hall–Kier alpha value is -1.29. The number of aromatic amines is 1. The fraction of sp³-hybridized carbons (Fsp3) is 0.125. The zero-order valence-electron chi connectivity index (χ0n) is 6.66. The zero-order valence-corrected chi connectivity index (χ0v) is 7.48. The molecule has 2 rings (SSSR count). The number of aromatic nitrogens is 2. The number of H-pyrrole nitrogens is 1. The van der Waals surface area contributed by atoms with Gasteiger partial charge in [0, 0.05) is 6.07 Å². The molecule has 2 heterocycles. The number of nitrogens with zero attached hydrogens (tertiary/aromatic N) is 1. The summed E-state index contributed by atoms with van der Waals surface area (Å²) in [7, 11) is 0. The van der Waals surface area contributed by atoms with Gasteiger partial charge in [-0.05, 0) is 23.9 Å². The van der Waals surface area contributed by atoms with E-state index in [1.54, 1.807) is 11.3 Å².